The molecule has 0 saturated carbocycles. The molecule has 3 N–H and O–H groups in total. The second-order valence-electron chi connectivity index (χ2n) is 3.57. The van der Waals surface area contributed by atoms with Crippen LogP contribution < -0.4 is 5.73 Å². The lowest BCUT2D eigenvalue weighted by molar-refractivity contribution is -0.153. The Morgan fingerprint density at radius 2 is 1.89 bits per heavy atom. The molecule has 18 heavy (non-hydrogen) atoms. The molecule has 1 rings (SSSR count). The monoisotopic (exact) mass is 307 g/mol. The average Bonchev–Trinajstić information content (AvgIpc) is 2.20. The van der Waals surface area contributed by atoms with Crippen LogP contribution in [-0.2, 0) is 0 Å². The maximum absolute atomic E-state index is 13.0. The largest absolute Gasteiger partial charge is 0.403 e. The Bertz CT molecular complexity index is 400. The molecule has 0 aliphatic carbocycles. The third kappa shape index (κ3) is 4.61. The van der Waals surface area contributed by atoms with Crippen molar-refractivity contribution in [2.75, 3.05) is 0 Å². The Labute approximate surface area is 112 Å². The number of nitrogens with two attached hydrogens (primary N) is 1. The molecule has 0 spiro atoms. The predicted octanol–water partition coefficient (Wildman–Crippen LogP) is 3.21. The van der Waals surface area contributed by atoms with Gasteiger partial charge in [0.1, 0.15) is 11.9 Å². The Kier molecular flexibility index (Phi) is 6.36. The van der Waals surface area contributed by atoms with E-state index in [4.69, 9.17) is 17.3 Å². The third-order valence-electron chi connectivity index (χ3n) is 2.23. The van der Waals surface area contributed by atoms with Gasteiger partial charge in [-0.2, -0.15) is 13.2 Å². The molecule has 0 aromatic heterocycles. The molecule has 2 atom stereocenters. The standard InChI is InChI=1S/C10H10ClF4NO.ClH/c11-6-2-1-5(3-7(6)12)8(17)4-9(16)10(13,14)15;/h1-3,8-9,17H,4,16H2;1H/t8-,9+;/m1./s1. The van der Waals surface area contributed by atoms with Crippen LogP contribution in [0.5, 0.6) is 0 Å². The maximum atomic E-state index is 13.0. The van der Waals surface area contributed by atoms with Crippen LogP contribution >= 0.6 is 24.0 Å². The molecule has 0 fully saturated rings. The summed E-state index contributed by atoms with van der Waals surface area (Å²) in [5, 5.41) is 9.31. The molecule has 1 aromatic rings. The highest BCUT2D eigenvalue weighted by molar-refractivity contribution is 6.30. The maximum Gasteiger partial charge on any atom is 0.403 e. The summed E-state index contributed by atoms with van der Waals surface area (Å²) in [6, 6.07) is 1.14. The van der Waals surface area contributed by atoms with Gasteiger partial charge in [0.2, 0.25) is 0 Å². The van der Waals surface area contributed by atoms with Gasteiger partial charge < -0.3 is 10.8 Å². The van der Waals surface area contributed by atoms with Gasteiger partial charge in [-0.15, -0.1) is 12.4 Å². The topological polar surface area (TPSA) is 46.2 Å². The summed E-state index contributed by atoms with van der Waals surface area (Å²) in [6.45, 7) is 0. The summed E-state index contributed by atoms with van der Waals surface area (Å²) >= 11 is 5.40. The van der Waals surface area contributed by atoms with E-state index in [2.05, 4.69) is 0 Å². The number of hydrogen-bond donors (Lipinski definition) is 2. The first-order chi connectivity index (χ1) is 7.71. The molecule has 0 bridgehead atoms. The lowest BCUT2D eigenvalue weighted by atomic mass is 10.0. The number of aliphatic hydroxyl groups is 1. The van der Waals surface area contributed by atoms with Crippen LogP contribution in [0.15, 0.2) is 18.2 Å². The summed E-state index contributed by atoms with van der Waals surface area (Å²) in [5.74, 6) is -0.802. The molecule has 0 radical (unpaired) electrons. The van der Waals surface area contributed by atoms with E-state index in [1.807, 2.05) is 0 Å². The molecular formula is C10H11Cl2F4NO. The van der Waals surface area contributed by atoms with Gasteiger partial charge in [0, 0.05) is 6.42 Å². The molecule has 1 aromatic carbocycles. The summed E-state index contributed by atoms with van der Waals surface area (Å²) in [6.07, 6.45) is -6.81. The van der Waals surface area contributed by atoms with Crippen molar-refractivity contribution in [2.45, 2.75) is 24.7 Å². The first-order valence-corrected chi connectivity index (χ1v) is 5.05. The van der Waals surface area contributed by atoms with E-state index in [1.54, 1.807) is 0 Å². The highest BCUT2D eigenvalue weighted by Gasteiger charge is 2.37. The van der Waals surface area contributed by atoms with Crippen LogP contribution in [0.2, 0.25) is 5.02 Å². The SMILES string of the molecule is Cl.N[C@@H](C[C@@H](O)c1ccc(Cl)c(F)c1)C(F)(F)F. The van der Waals surface area contributed by atoms with E-state index in [0.717, 1.165) is 12.1 Å². The summed E-state index contributed by atoms with van der Waals surface area (Å²) in [4.78, 5) is 0. The minimum Gasteiger partial charge on any atom is -0.388 e. The van der Waals surface area contributed by atoms with Crippen molar-refractivity contribution in [1.82, 2.24) is 0 Å². The van der Waals surface area contributed by atoms with Crippen molar-refractivity contribution < 1.29 is 22.7 Å². The van der Waals surface area contributed by atoms with Crippen LogP contribution in [0.1, 0.15) is 18.1 Å². The molecule has 104 valence electrons. The molecule has 0 heterocycles. The molecule has 0 aliphatic rings. The average molecular weight is 308 g/mol. The normalized spacial score (nSPS) is 14.8. The minimum atomic E-state index is -4.59. The Balaban J connectivity index is 0.00000289. The van der Waals surface area contributed by atoms with Gasteiger partial charge in [-0.3, -0.25) is 0 Å². The second kappa shape index (κ2) is 6.56. The highest BCUT2D eigenvalue weighted by Crippen LogP contribution is 2.28. The van der Waals surface area contributed by atoms with Gasteiger partial charge in [0.15, 0.2) is 0 Å². The summed E-state index contributed by atoms with van der Waals surface area (Å²) in [5.41, 5.74) is 4.86. The van der Waals surface area contributed by atoms with E-state index >= 15 is 0 Å². The number of benzene rings is 1. The Hall–Kier alpha value is -0.560. The zero-order valence-electron chi connectivity index (χ0n) is 8.92. The fraction of sp³-hybridized carbons (Fsp3) is 0.400. The van der Waals surface area contributed by atoms with E-state index in [0.29, 0.717) is 0 Å². The smallest absolute Gasteiger partial charge is 0.388 e. The summed E-state index contributed by atoms with van der Waals surface area (Å²) < 4.78 is 49.4. The van der Waals surface area contributed by atoms with Crippen LogP contribution in [0.25, 0.3) is 0 Å². The van der Waals surface area contributed by atoms with Gasteiger partial charge in [-0.1, -0.05) is 17.7 Å². The number of hydrogen-bond acceptors (Lipinski definition) is 2. The van der Waals surface area contributed by atoms with E-state index in [1.165, 1.54) is 6.07 Å². The van der Waals surface area contributed by atoms with Crippen molar-refractivity contribution in [3.8, 4) is 0 Å². The van der Waals surface area contributed by atoms with E-state index in [-0.39, 0.29) is 23.0 Å². The zero-order chi connectivity index (χ0) is 13.2. The highest BCUT2D eigenvalue weighted by atomic mass is 35.5. The number of halogens is 6. The molecule has 0 amide bonds. The van der Waals surface area contributed by atoms with Gasteiger partial charge in [0.25, 0.3) is 0 Å². The van der Waals surface area contributed by atoms with Crippen molar-refractivity contribution in [1.29, 1.82) is 0 Å². The van der Waals surface area contributed by atoms with Crippen LogP contribution in [0.3, 0.4) is 0 Å². The van der Waals surface area contributed by atoms with Gasteiger partial charge in [-0.05, 0) is 17.7 Å². The summed E-state index contributed by atoms with van der Waals surface area (Å²) in [7, 11) is 0. The van der Waals surface area contributed by atoms with Crippen molar-refractivity contribution >= 4 is 24.0 Å². The fourth-order valence-electron chi connectivity index (χ4n) is 1.23. The Morgan fingerprint density at radius 3 is 2.33 bits per heavy atom. The van der Waals surface area contributed by atoms with Gasteiger partial charge in [-0.25, -0.2) is 4.39 Å². The molecular weight excluding hydrogens is 297 g/mol. The van der Waals surface area contributed by atoms with E-state index in [9.17, 15) is 22.7 Å². The van der Waals surface area contributed by atoms with Crippen molar-refractivity contribution in [3.63, 3.8) is 0 Å². The molecule has 0 unspecified atom stereocenters. The molecule has 2 nitrogen and oxygen atoms in total. The van der Waals surface area contributed by atoms with E-state index < -0.39 is 30.6 Å². The minimum absolute atomic E-state index is 0. The first-order valence-electron chi connectivity index (χ1n) is 4.67. The predicted molar refractivity (Wildman–Crippen MR) is 62.3 cm³/mol. The lowest BCUT2D eigenvalue weighted by Gasteiger charge is -2.19. The number of rotatable bonds is 3. The van der Waals surface area contributed by atoms with Gasteiger partial charge >= 0.3 is 6.18 Å². The number of aliphatic hydroxyl groups excluding tert-OH is 1. The quantitative estimate of drug-likeness (QED) is 0.842. The van der Waals surface area contributed by atoms with Gasteiger partial charge in [0.05, 0.1) is 11.1 Å². The third-order valence-corrected chi connectivity index (χ3v) is 2.53. The molecule has 8 heteroatoms. The Morgan fingerprint density at radius 1 is 1.33 bits per heavy atom. The first kappa shape index (κ1) is 17.4. The zero-order valence-corrected chi connectivity index (χ0v) is 10.5. The second-order valence-corrected chi connectivity index (χ2v) is 3.98. The van der Waals surface area contributed by atoms with Crippen LogP contribution in [-0.4, -0.2) is 17.3 Å². The lowest BCUT2D eigenvalue weighted by Crippen LogP contribution is -2.38. The number of alkyl halides is 3. The van der Waals surface area contributed by atoms with Crippen LogP contribution in [0, 0.1) is 5.82 Å². The van der Waals surface area contributed by atoms with Crippen molar-refractivity contribution in [2.24, 2.45) is 5.73 Å². The fourth-order valence-corrected chi connectivity index (χ4v) is 1.35. The molecule has 0 saturated heterocycles. The van der Waals surface area contributed by atoms with Crippen LogP contribution in [0.4, 0.5) is 17.6 Å². The molecule has 0 aliphatic heterocycles. The van der Waals surface area contributed by atoms with Crippen molar-refractivity contribution in [3.05, 3.63) is 34.6 Å².